The fraction of sp³-hybridized carbons (Fsp3) is 0.529. The number of carboxylic acid groups (broad SMARTS) is 1. The van der Waals surface area contributed by atoms with Crippen LogP contribution in [0.3, 0.4) is 0 Å². The number of nitrogens with two attached hydrogens (primary N) is 1. The van der Waals surface area contributed by atoms with Crippen molar-refractivity contribution >= 4 is 24.3 Å². The van der Waals surface area contributed by atoms with Gasteiger partial charge in [0.15, 0.2) is 0 Å². The molecule has 7 heteroatoms. The third kappa shape index (κ3) is 6.37. The van der Waals surface area contributed by atoms with E-state index in [1.54, 1.807) is 24.3 Å². The minimum Gasteiger partial charge on any atom is -0.492 e. The van der Waals surface area contributed by atoms with Gasteiger partial charge < -0.3 is 20.9 Å². The first-order chi connectivity index (χ1) is 11.1. The average molecular weight is 357 g/mol. The molecule has 0 bridgehead atoms. The standard InChI is InChI=1S/C17H24N2O4.ClH/c18-9-10-23-15-7-3-13(4-8-15)17(22)19-14-5-1-12(2-6-14)11-16(20)21;/h3-4,7-8,12,14H,1-2,5-6,9-11,18H2,(H,19,22)(H,20,21);1H. The van der Waals surface area contributed by atoms with E-state index < -0.39 is 5.97 Å². The van der Waals surface area contributed by atoms with Gasteiger partial charge in [-0.15, -0.1) is 12.4 Å². The molecule has 0 heterocycles. The Labute approximate surface area is 148 Å². The van der Waals surface area contributed by atoms with Gasteiger partial charge in [0.1, 0.15) is 12.4 Å². The molecule has 0 spiro atoms. The van der Waals surface area contributed by atoms with E-state index in [1.807, 2.05) is 0 Å². The summed E-state index contributed by atoms with van der Waals surface area (Å²) in [7, 11) is 0. The van der Waals surface area contributed by atoms with Crippen molar-refractivity contribution < 1.29 is 19.4 Å². The van der Waals surface area contributed by atoms with Crippen LogP contribution < -0.4 is 15.8 Å². The van der Waals surface area contributed by atoms with Crippen molar-refractivity contribution in [3.05, 3.63) is 29.8 Å². The van der Waals surface area contributed by atoms with E-state index in [2.05, 4.69) is 5.32 Å². The van der Waals surface area contributed by atoms with Crippen LogP contribution in [-0.4, -0.2) is 36.2 Å². The molecule has 1 amide bonds. The molecule has 1 aliphatic rings. The minimum atomic E-state index is -0.741. The third-order valence-electron chi connectivity index (χ3n) is 4.15. The zero-order valence-electron chi connectivity index (χ0n) is 13.6. The molecule has 0 atom stereocenters. The molecular weight excluding hydrogens is 332 g/mol. The monoisotopic (exact) mass is 356 g/mol. The highest BCUT2D eigenvalue weighted by Gasteiger charge is 2.24. The van der Waals surface area contributed by atoms with Gasteiger partial charge in [-0.2, -0.15) is 0 Å². The lowest BCUT2D eigenvalue weighted by Gasteiger charge is -2.28. The Bertz CT molecular complexity index is 528. The van der Waals surface area contributed by atoms with Gasteiger partial charge in [-0.25, -0.2) is 0 Å². The highest BCUT2D eigenvalue weighted by Crippen LogP contribution is 2.27. The number of carbonyl (C=O) groups excluding carboxylic acids is 1. The second-order valence-electron chi connectivity index (χ2n) is 5.95. The van der Waals surface area contributed by atoms with Crippen LogP contribution >= 0.6 is 12.4 Å². The Morgan fingerprint density at radius 2 is 1.79 bits per heavy atom. The Kier molecular flexibility index (Phi) is 8.57. The molecule has 24 heavy (non-hydrogen) atoms. The quantitative estimate of drug-likeness (QED) is 0.695. The number of hydrogen-bond donors (Lipinski definition) is 3. The van der Waals surface area contributed by atoms with Gasteiger partial charge >= 0.3 is 5.97 Å². The number of carboxylic acids is 1. The number of aliphatic carboxylic acids is 1. The molecular formula is C17H25ClN2O4. The number of benzene rings is 1. The number of amides is 1. The molecule has 1 saturated carbocycles. The second kappa shape index (κ2) is 10.2. The molecule has 6 nitrogen and oxygen atoms in total. The van der Waals surface area contributed by atoms with Crippen molar-refractivity contribution in [1.82, 2.24) is 5.32 Å². The van der Waals surface area contributed by atoms with Crippen LogP contribution in [0.1, 0.15) is 42.5 Å². The third-order valence-corrected chi connectivity index (χ3v) is 4.15. The summed E-state index contributed by atoms with van der Waals surface area (Å²) < 4.78 is 5.38. The molecule has 0 saturated heterocycles. The first kappa shape index (κ1) is 20.3. The SMILES string of the molecule is Cl.NCCOc1ccc(C(=O)NC2CCC(CC(=O)O)CC2)cc1. The lowest BCUT2D eigenvalue weighted by molar-refractivity contribution is -0.138. The largest absolute Gasteiger partial charge is 0.492 e. The first-order valence-corrected chi connectivity index (χ1v) is 8.04. The summed E-state index contributed by atoms with van der Waals surface area (Å²) in [4.78, 5) is 22.9. The van der Waals surface area contributed by atoms with Crippen molar-refractivity contribution in [2.45, 2.75) is 38.1 Å². The Hall–Kier alpha value is -1.79. The van der Waals surface area contributed by atoms with Gasteiger partial charge in [-0.3, -0.25) is 9.59 Å². The molecule has 1 fully saturated rings. The minimum absolute atomic E-state index is 0. The molecule has 1 aliphatic carbocycles. The van der Waals surface area contributed by atoms with Crippen LogP contribution in [0.5, 0.6) is 5.75 Å². The summed E-state index contributed by atoms with van der Waals surface area (Å²) >= 11 is 0. The Balaban J connectivity index is 0.00000288. The molecule has 4 N–H and O–H groups in total. The number of halogens is 1. The number of rotatable bonds is 7. The van der Waals surface area contributed by atoms with E-state index in [0.29, 0.717) is 24.5 Å². The number of nitrogens with one attached hydrogen (secondary N) is 1. The Morgan fingerprint density at radius 3 is 2.33 bits per heavy atom. The van der Waals surface area contributed by atoms with Crippen LogP contribution in [0.2, 0.25) is 0 Å². The summed E-state index contributed by atoms with van der Waals surface area (Å²) in [6.45, 7) is 0.901. The zero-order valence-corrected chi connectivity index (χ0v) is 14.4. The van der Waals surface area contributed by atoms with Crippen molar-refractivity contribution in [3.8, 4) is 5.75 Å². The number of carbonyl (C=O) groups is 2. The summed E-state index contributed by atoms with van der Waals surface area (Å²) in [6, 6.07) is 7.11. The molecule has 2 rings (SSSR count). The van der Waals surface area contributed by atoms with E-state index in [9.17, 15) is 9.59 Å². The number of hydrogen-bond acceptors (Lipinski definition) is 4. The van der Waals surface area contributed by atoms with Crippen molar-refractivity contribution in [1.29, 1.82) is 0 Å². The van der Waals surface area contributed by atoms with Crippen LogP contribution in [0.15, 0.2) is 24.3 Å². The van der Waals surface area contributed by atoms with Crippen molar-refractivity contribution in [2.75, 3.05) is 13.2 Å². The van der Waals surface area contributed by atoms with Crippen LogP contribution in [-0.2, 0) is 4.79 Å². The summed E-state index contributed by atoms with van der Waals surface area (Å²) in [5.74, 6) is 0.0901. The lowest BCUT2D eigenvalue weighted by atomic mass is 9.84. The topological polar surface area (TPSA) is 102 Å². The first-order valence-electron chi connectivity index (χ1n) is 8.04. The number of ether oxygens (including phenoxy) is 1. The van der Waals surface area contributed by atoms with E-state index in [0.717, 1.165) is 25.7 Å². The van der Waals surface area contributed by atoms with Gasteiger partial charge in [0, 0.05) is 24.6 Å². The summed E-state index contributed by atoms with van der Waals surface area (Å²) in [5, 5.41) is 11.8. The molecule has 134 valence electrons. The van der Waals surface area contributed by atoms with Crippen molar-refractivity contribution in [3.63, 3.8) is 0 Å². The van der Waals surface area contributed by atoms with Gasteiger partial charge in [0.25, 0.3) is 5.91 Å². The van der Waals surface area contributed by atoms with E-state index in [4.69, 9.17) is 15.6 Å². The zero-order chi connectivity index (χ0) is 16.7. The maximum absolute atomic E-state index is 12.2. The van der Waals surface area contributed by atoms with Crippen LogP contribution in [0.25, 0.3) is 0 Å². The maximum atomic E-state index is 12.2. The normalized spacial score (nSPS) is 19.9. The predicted octanol–water partition coefficient (Wildman–Crippen LogP) is 2.21. The van der Waals surface area contributed by atoms with Gasteiger partial charge in [-0.05, 0) is 55.9 Å². The van der Waals surface area contributed by atoms with E-state index >= 15 is 0 Å². The van der Waals surface area contributed by atoms with Crippen LogP contribution in [0, 0.1) is 5.92 Å². The van der Waals surface area contributed by atoms with Crippen molar-refractivity contribution in [2.24, 2.45) is 11.7 Å². The van der Waals surface area contributed by atoms with Crippen LogP contribution in [0.4, 0.5) is 0 Å². The molecule has 0 radical (unpaired) electrons. The molecule has 0 aliphatic heterocycles. The molecule has 0 aromatic heterocycles. The van der Waals surface area contributed by atoms with Gasteiger partial charge in [0.2, 0.25) is 0 Å². The Morgan fingerprint density at radius 1 is 1.17 bits per heavy atom. The van der Waals surface area contributed by atoms with Gasteiger partial charge in [0.05, 0.1) is 0 Å². The summed E-state index contributed by atoms with van der Waals surface area (Å²) in [5.41, 5.74) is 5.97. The van der Waals surface area contributed by atoms with E-state index in [-0.39, 0.29) is 36.7 Å². The van der Waals surface area contributed by atoms with E-state index in [1.165, 1.54) is 0 Å². The highest BCUT2D eigenvalue weighted by atomic mass is 35.5. The fourth-order valence-electron chi connectivity index (χ4n) is 2.91. The fourth-order valence-corrected chi connectivity index (χ4v) is 2.91. The molecule has 1 aromatic rings. The predicted molar refractivity (Wildman–Crippen MR) is 93.7 cm³/mol. The average Bonchev–Trinajstić information content (AvgIpc) is 2.54. The highest BCUT2D eigenvalue weighted by molar-refractivity contribution is 5.94. The summed E-state index contributed by atoms with van der Waals surface area (Å²) in [6.07, 6.45) is 3.60. The lowest BCUT2D eigenvalue weighted by Crippen LogP contribution is -2.37. The molecule has 1 aromatic carbocycles. The maximum Gasteiger partial charge on any atom is 0.303 e. The second-order valence-corrected chi connectivity index (χ2v) is 5.95. The van der Waals surface area contributed by atoms with Gasteiger partial charge in [-0.1, -0.05) is 0 Å². The smallest absolute Gasteiger partial charge is 0.303 e. The molecule has 0 unspecified atom stereocenters.